The molecule has 1 aromatic rings. The Kier molecular flexibility index (Phi) is 3.13. The summed E-state index contributed by atoms with van der Waals surface area (Å²) in [6.07, 6.45) is 0. The number of ether oxygens (including phenoxy) is 2. The zero-order chi connectivity index (χ0) is 12.7. The van der Waals surface area contributed by atoms with Crippen molar-refractivity contribution in [3.63, 3.8) is 0 Å². The summed E-state index contributed by atoms with van der Waals surface area (Å²) in [5, 5.41) is 2.08. The monoisotopic (exact) mass is 254 g/mol. The Morgan fingerprint density at radius 3 is 2.18 bits per heavy atom. The average Bonchev–Trinajstić information content (AvgIpc) is 2.69. The summed E-state index contributed by atoms with van der Waals surface area (Å²) in [6, 6.07) is 4.16. The Morgan fingerprint density at radius 2 is 1.76 bits per heavy atom. The minimum absolute atomic E-state index is 0.0750. The molecule has 0 radical (unpaired) electrons. The van der Waals surface area contributed by atoms with Crippen LogP contribution >= 0.6 is 11.3 Å². The van der Waals surface area contributed by atoms with Crippen LogP contribution in [-0.4, -0.2) is 13.2 Å². The molecule has 2 nitrogen and oxygen atoms in total. The quantitative estimate of drug-likeness (QED) is 0.753. The number of hydrogen-bond acceptors (Lipinski definition) is 3. The van der Waals surface area contributed by atoms with Crippen molar-refractivity contribution in [3.05, 3.63) is 22.4 Å². The van der Waals surface area contributed by atoms with Gasteiger partial charge < -0.3 is 9.47 Å². The SMILES string of the molecule is CC1(C)COC(c2cccs2)(C(C)(C)C)OC1. The summed E-state index contributed by atoms with van der Waals surface area (Å²) in [5.41, 5.74) is 0.0281. The average molecular weight is 254 g/mol. The van der Waals surface area contributed by atoms with Crippen molar-refractivity contribution in [3.8, 4) is 0 Å². The second-order valence-corrected chi connectivity index (χ2v) is 7.53. The molecule has 17 heavy (non-hydrogen) atoms. The predicted octanol–water partition coefficient (Wildman–Crippen LogP) is 4.02. The van der Waals surface area contributed by atoms with Crippen LogP contribution in [0, 0.1) is 10.8 Å². The third kappa shape index (κ3) is 2.28. The van der Waals surface area contributed by atoms with E-state index in [9.17, 15) is 0 Å². The summed E-state index contributed by atoms with van der Waals surface area (Å²) in [5.74, 6) is -0.587. The molecule has 0 N–H and O–H groups in total. The van der Waals surface area contributed by atoms with Crippen molar-refractivity contribution in [2.45, 2.75) is 40.4 Å². The fourth-order valence-corrected chi connectivity index (χ4v) is 3.13. The van der Waals surface area contributed by atoms with E-state index in [0.29, 0.717) is 0 Å². The summed E-state index contributed by atoms with van der Waals surface area (Å²) in [4.78, 5) is 1.17. The van der Waals surface area contributed by atoms with Gasteiger partial charge in [-0.1, -0.05) is 40.7 Å². The lowest BCUT2D eigenvalue weighted by atomic mass is 9.82. The first-order valence-electron chi connectivity index (χ1n) is 6.09. The number of thiophene rings is 1. The van der Waals surface area contributed by atoms with Crippen LogP contribution in [0.3, 0.4) is 0 Å². The van der Waals surface area contributed by atoms with Crippen LogP contribution in [0.25, 0.3) is 0 Å². The van der Waals surface area contributed by atoms with Crippen molar-refractivity contribution in [2.75, 3.05) is 13.2 Å². The van der Waals surface area contributed by atoms with Gasteiger partial charge in [0.05, 0.1) is 18.1 Å². The Balaban J connectivity index is 2.35. The van der Waals surface area contributed by atoms with E-state index in [1.54, 1.807) is 11.3 Å². The Bertz CT molecular complexity index is 363. The van der Waals surface area contributed by atoms with Crippen LogP contribution in [0.5, 0.6) is 0 Å². The standard InChI is InChI=1S/C14H22O2S/c1-12(2,3)14(11-7-6-8-17-11)15-9-13(4,5)10-16-14/h6-8H,9-10H2,1-5H3. The fraction of sp³-hybridized carbons (Fsp3) is 0.714. The van der Waals surface area contributed by atoms with Crippen molar-refractivity contribution in [1.82, 2.24) is 0 Å². The molecular formula is C14H22O2S. The van der Waals surface area contributed by atoms with Gasteiger partial charge in [0.2, 0.25) is 5.79 Å². The maximum absolute atomic E-state index is 6.18. The summed E-state index contributed by atoms with van der Waals surface area (Å²) in [6.45, 7) is 12.3. The van der Waals surface area contributed by atoms with Gasteiger partial charge in [0.1, 0.15) is 0 Å². The predicted molar refractivity (Wildman–Crippen MR) is 71.1 cm³/mol. The first-order chi connectivity index (χ1) is 7.77. The molecule has 96 valence electrons. The normalized spacial score (nSPS) is 23.6. The topological polar surface area (TPSA) is 18.5 Å². The third-order valence-corrected chi connectivity index (χ3v) is 4.12. The fourth-order valence-electron chi connectivity index (χ4n) is 2.09. The summed E-state index contributed by atoms with van der Waals surface area (Å²) >= 11 is 1.71. The minimum atomic E-state index is -0.587. The molecule has 0 unspecified atom stereocenters. The maximum atomic E-state index is 6.18. The van der Waals surface area contributed by atoms with Crippen LogP contribution in [0.4, 0.5) is 0 Å². The van der Waals surface area contributed by atoms with Crippen LogP contribution in [0.2, 0.25) is 0 Å². The lowest BCUT2D eigenvalue weighted by molar-refractivity contribution is -0.348. The molecule has 1 aliphatic heterocycles. The zero-order valence-corrected chi connectivity index (χ0v) is 12.2. The molecule has 1 saturated heterocycles. The summed E-state index contributed by atoms with van der Waals surface area (Å²) < 4.78 is 12.4. The van der Waals surface area contributed by atoms with Gasteiger partial charge in [0.25, 0.3) is 0 Å². The van der Waals surface area contributed by atoms with E-state index in [1.165, 1.54) is 4.88 Å². The molecule has 0 amide bonds. The van der Waals surface area contributed by atoms with E-state index in [1.807, 2.05) is 0 Å². The molecular weight excluding hydrogens is 232 g/mol. The molecule has 1 aromatic heterocycles. The second-order valence-electron chi connectivity index (χ2n) is 6.59. The van der Waals surface area contributed by atoms with E-state index in [2.05, 4.69) is 52.1 Å². The number of rotatable bonds is 1. The smallest absolute Gasteiger partial charge is 0.209 e. The van der Waals surface area contributed by atoms with Crippen molar-refractivity contribution in [1.29, 1.82) is 0 Å². The van der Waals surface area contributed by atoms with Gasteiger partial charge in [-0.2, -0.15) is 0 Å². The van der Waals surface area contributed by atoms with E-state index < -0.39 is 5.79 Å². The molecule has 0 bridgehead atoms. The molecule has 0 saturated carbocycles. The van der Waals surface area contributed by atoms with Crippen molar-refractivity contribution >= 4 is 11.3 Å². The first kappa shape index (κ1) is 13.1. The van der Waals surface area contributed by atoms with Crippen LogP contribution in [0.1, 0.15) is 39.5 Å². The van der Waals surface area contributed by atoms with E-state index in [-0.39, 0.29) is 10.8 Å². The molecule has 1 aliphatic rings. The van der Waals surface area contributed by atoms with Gasteiger partial charge in [0, 0.05) is 10.8 Å². The summed E-state index contributed by atoms with van der Waals surface area (Å²) in [7, 11) is 0. The third-order valence-electron chi connectivity index (χ3n) is 3.17. The molecule has 2 heterocycles. The van der Waals surface area contributed by atoms with Crippen LogP contribution < -0.4 is 0 Å². The van der Waals surface area contributed by atoms with Crippen molar-refractivity contribution < 1.29 is 9.47 Å². The minimum Gasteiger partial charge on any atom is -0.344 e. The van der Waals surface area contributed by atoms with Crippen LogP contribution in [0.15, 0.2) is 17.5 Å². The highest BCUT2D eigenvalue weighted by atomic mass is 32.1. The molecule has 1 fully saturated rings. The Hall–Kier alpha value is -0.380. The highest BCUT2D eigenvalue weighted by Crippen LogP contribution is 2.49. The van der Waals surface area contributed by atoms with Gasteiger partial charge in [-0.05, 0) is 11.4 Å². The molecule has 0 aliphatic carbocycles. The molecule has 0 atom stereocenters. The highest BCUT2D eigenvalue weighted by Gasteiger charge is 2.51. The van der Waals surface area contributed by atoms with Gasteiger partial charge in [-0.15, -0.1) is 11.3 Å². The van der Waals surface area contributed by atoms with Gasteiger partial charge in [-0.25, -0.2) is 0 Å². The Morgan fingerprint density at radius 1 is 1.18 bits per heavy atom. The highest BCUT2D eigenvalue weighted by molar-refractivity contribution is 7.10. The van der Waals surface area contributed by atoms with Gasteiger partial charge in [-0.3, -0.25) is 0 Å². The lowest BCUT2D eigenvalue weighted by Gasteiger charge is -2.49. The lowest BCUT2D eigenvalue weighted by Crippen LogP contribution is -2.52. The second kappa shape index (κ2) is 4.08. The Labute approximate surface area is 108 Å². The van der Waals surface area contributed by atoms with Gasteiger partial charge in [0.15, 0.2) is 0 Å². The van der Waals surface area contributed by atoms with E-state index >= 15 is 0 Å². The maximum Gasteiger partial charge on any atom is 0.209 e. The van der Waals surface area contributed by atoms with E-state index in [4.69, 9.17) is 9.47 Å². The molecule has 3 heteroatoms. The largest absolute Gasteiger partial charge is 0.344 e. The van der Waals surface area contributed by atoms with Crippen molar-refractivity contribution in [2.24, 2.45) is 10.8 Å². The molecule has 0 aromatic carbocycles. The zero-order valence-electron chi connectivity index (χ0n) is 11.4. The number of hydrogen-bond donors (Lipinski definition) is 0. The molecule has 0 spiro atoms. The van der Waals surface area contributed by atoms with E-state index in [0.717, 1.165) is 13.2 Å². The van der Waals surface area contributed by atoms with Gasteiger partial charge >= 0.3 is 0 Å². The molecule has 2 rings (SSSR count). The van der Waals surface area contributed by atoms with Crippen LogP contribution in [-0.2, 0) is 15.3 Å². The first-order valence-corrected chi connectivity index (χ1v) is 6.97.